The van der Waals surface area contributed by atoms with Crippen LogP contribution < -0.4 is 4.90 Å². The largest absolute Gasteiger partial charge is 0.355 e. The molecular formula is C18H27N5O2. The highest BCUT2D eigenvalue weighted by Gasteiger charge is 2.30. The number of amides is 1. The van der Waals surface area contributed by atoms with Crippen LogP contribution in [-0.4, -0.2) is 52.1 Å². The smallest absolute Gasteiger partial charge is 0.263 e. The van der Waals surface area contributed by atoms with Crippen LogP contribution in [0.5, 0.6) is 0 Å². The maximum Gasteiger partial charge on any atom is 0.263 e. The summed E-state index contributed by atoms with van der Waals surface area (Å²) in [5, 5.41) is 4.86. The maximum absolute atomic E-state index is 13.0. The van der Waals surface area contributed by atoms with Gasteiger partial charge in [-0.1, -0.05) is 19.0 Å². The van der Waals surface area contributed by atoms with Crippen LogP contribution in [0.3, 0.4) is 0 Å². The standard InChI is InChI=1S/C18H27N5O2/c1-4-8-22(9-5-2)18(24)14-7-6-10-23(11-14)16-15-13(3)21-25-17(15)20-12-19-16/h12,14H,4-11H2,1-3H3. The number of piperidine rings is 1. The Morgan fingerprint density at radius 1 is 1.32 bits per heavy atom. The molecule has 1 aliphatic rings. The highest BCUT2D eigenvalue weighted by molar-refractivity contribution is 5.88. The molecule has 2 aromatic rings. The van der Waals surface area contributed by atoms with Crippen molar-refractivity contribution in [2.45, 2.75) is 46.5 Å². The minimum absolute atomic E-state index is 0.0250. The number of carbonyl (C=O) groups is 1. The number of anilines is 1. The van der Waals surface area contributed by atoms with E-state index in [-0.39, 0.29) is 11.8 Å². The van der Waals surface area contributed by atoms with Crippen LogP contribution in [0.1, 0.15) is 45.2 Å². The number of rotatable bonds is 6. The van der Waals surface area contributed by atoms with Gasteiger partial charge in [-0.25, -0.2) is 4.98 Å². The summed E-state index contributed by atoms with van der Waals surface area (Å²) in [4.78, 5) is 25.8. The molecule has 0 N–H and O–H groups in total. The van der Waals surface area contributed by atoms with E-state index in [0.717, 1.165) is 62.2 Å². The molecule has 1 unspecified atom stereocenters. The van der Waals surface area contributed by atoms with Crippen LogP contribution in [0.25, 0.3) is 11.1 Å². The van der Waals surface area contributed by atoms with Crippen molar-refractivity contribution in [2.24, 2.45) is 5.92 Å². The summed E-state index contributed by atoms with van der Waals surface area (Å²) < 4.78 is 5.25. The first-order valence-corrected chi connectivity index (χ1v) is 9.26. The number of aryl methyl sites for hydroxylation is 1. The molecule has 0 radical (unpaired) electrons. The molecule has 0 aromatic carbocycles. The molecule has 7 heteroatoms. The van der Waals surface area contributed by atoms with Crippen molar-refractivity contribution in [1.29, 1.82) is 0 Å². The van der Waals surface area contributed by atoms with Gasteiger partial charge in [0.05, 0.1) is 11.6 Å². The van der Waals surface area contributed by atoms with Crippen molar-refractivity contribution >= 4 is 22.8 Å². The number of fused-ring (bicyclic) bond motifs is 1. The van der Waals surface area contributed by atoms with E-state index in [1.54, 1.807) is 0 Å². The summed E-state index contributed by atoms with van der Waals surface area (Å²) in [5.74, 6) is 1.14. The first kappa shape index (κ1) is 17.6. The normalized spacial score (nSPS) is 17.9. The Bertz CT molecular complexity index is 723. The van der Waals surface area contributed by atoms with Crippen LogP contribution in [0.15, 0.2) is 10.9 Å². The van der Waals surface area contributed by atoms with Crippen LogP contribution in [-0.2, 0) is 4.79 Å². The van der Waals surface area contributed by atoms with Crippen LogP contribution in [0.2, 0.25) is 0 Å². The highest BCUT2D eigenvalue weighted by Crippen LogP contribution is 2.30. The molecule has 0 bridgehead atoms. The van der Waals surface area contributed by atoms with E-state index in [9.17, 15) is 4.79 Å². The van der Waals surface area contributed by atoms with Gasteiger partial charge in [0.2, 0.25) is 5.91 Å². The predicted octanol–water partition coefficient (Wildman–Crippen LogP) is 2.79. The van der Waals surface area contributed by atoms with Gasteiger partial charge in [0.15, 0.2) is 0 Å². The van der Waals surface area contributed by atoms with Crippen molar-refractivity contribution in [2.75, 3.05) is 31.1 Å². The molecule has 1 aliphatic heterocycles. The lowest BCUT2D eigenvalue weighted by atomic mass is 9.96. The molecule has 0 saturated carbocycles. The summed E-state index contributed by atoms with van der Waals surface area (Å²) in [6.45, 7) is 9.40. The van der Waals surface area contributed by atoms with Gasteiger partial charge in [0.1, 0.15) is 17.5 Å². The molecule has 2 aromatic heterocycles. The molecule has 7 nitrogen and oxygen atoms in total. The Labute approximate surface area is 148 Å². The fraction of sp³-hybridized carbons (Fsp3) is 0.667. The molecule has 3 rings (SSSR count). The second-order valence-electron chi connectivity index (χ2n) is 6.76. The van der Waals surface area contributed by atoms with Gasteiger partial charge in [-0.15, -0.1) is 0 Å². The van der Waals surface area contributed by atoms with E-state index < -0.39 is 0 Å². The van der Waals surface area contributed by atoms with Gasteiger partial charge >= 0.3 is 0 Å². The van der Waals surface area contributed by atoms with Gasteiger partial charge in [-0.05, 0) is 32.6 Å². The van der Waals surface area contributed by atoms with Gasteiger partial charge < -0.3 is 14.3 Å². The summed E-state index contributed by atoms with van der Waals surface area (Å²) in [5.41, 5.74) is 1.30. The molecule has 0 spiro atoms. The predicted molar refractivity (Wildman–Crippen MR) is 96.4 cm³/mol. The molecule has 136 valence electrons. The van der Waals surface area contributed by atoms with Gasteiger partial charge in [0.25, 0.3) is 5.71 Å². The number of carbonyl (C=O) groups excluding carboxylic acids is 1. The minimum atomic E-state index is 0.0250. The van der Waals surface area contributed by atoms with Crippen molar-refractivity contribution in [3.8, 4) is 0 Å². The van der Waals surface area contributed by atoms with Gasteiger partial charge in [-0.2, -0.15) is 4.98 Å². The summed E-state index contributed by atoms with van der Waals surface area (Å²) >= 11 is 0. The lowest BCUT2D eigenvalue weighted by molar-refractivity contribution is -0.135. The SMILES string of the molecule is CCCN(CCC)C(=O)C1CCCN(c2ncnc3onc(C)c23)C1. The first-order valence-electron chi connectivity index (χ1n) is 9.26. The fourth-order valence-electron chi connectivity index (χ4n) is 3.64. The topological polar surface area (TPSA) is 75.4 Å². The second-order valence-corrected chi connectivity index (χ2v) is 6.76. The van der Waals surface area contributed by atoms with E-state index in [0.29, 0.717) is 12.3 Å². The number of hydrogen-bond donors (Lipinski definition) is 0. The molecule has 1 fully saturated rings. The zero-order valence-electron chi connectivity index (χ0n) is 15.4. The van der Waals surface area contributed by atoms with Crippen molar-refractivity contribution in [3.63, 3.8) is 0 Å². The summed E-state index contributed by atoms with van der Waals surface area (Å²) in [6.07, 6.45) is 5.42. The number of aromatic nitrogens is 3. The quantitative estimate of drug-likeness (QED) is 0.801. The number of nitrogens with zero attached hydrogens (tertiary/aromatic N) is 5. The molecule has 1 amide bonds. The lowest BCUT2D eigenvalue weighted by Crippen LogP contribution is -2.45. The average molecular weight is 345 g/mol. The average Bonchev–Trinajstić information content (AvgIpc) is 3.02. The maximum atomic E-state index is 13.0. The van der Waals surface area contributed by atoms with Crippen LogP contribution in [0.4, 0.5) is 5.82 Å². The van der Waals surface area contributed by atoms with Gasteiger partial charge in [-0.3, -0.25) is 4.79 Å². The highest BCUT2D eigenvalue weighted by atomic mass is 16.5. The molecule has 1 atom stereocenters. The van der Waals surface area contributed by atoms with E-state index in [1.165, 1.54) is 6.33 Å². The fourth-order valence-corrected chi connectivity index (χ4v) is 3.64. The van der Waals surface area contributed by atoms with Crippen molar-refractivity contribution in [1.82, 2.24) is 20.0 Å². The lowest BCUT2D eigenvalue weighted by Gasteiger charge is -2.35. The molecule has 1 saturated heterocycles. The third-order valence-corrected chi connectivity index (χ3v) is 4.79. The second kappa shape index (κ2) is 7.80. The van der Waals surface area contributed by atoms with Gasteiger partial charge in [0, 0.05) is 26.2 Å². The first-order chi connectivity index (χ1) is 12.2. The Kier molecular flexibility index (Phi) is 5.50. The van der Waals surface area contributed by atoms with Crippen molar-refractivity contribution in [3.05, 3.63) is 12.0 Å². The Hall–Kier alpha value is -2.18. The Balaban J connectivity index is 1.80. The third kappa shape index (κ3) is 3.60. The van der Waals surface area contributed by atoms with E-state index in [4.69, 9.17) is 4.52 Å². The Morgan fingerprint density at radius 2 is 2.08 bits per heavy atom. The molecule has 3 heterocycles. The third-order valence-electron chi connectivity index (χ3n) is 4.79. The van der Waals surface area contributed by atoms with Crippen molar-refractivity contribution < 1.29 is 9.32 Å². The summed E-state index contributed by atoms with van der Waals surface area (Å²) in [6, 6.07) is 0. The molecule has 0 aliphatic carbocycles. The van der Waals surface area contributed by atoms with Crippen LogP contribution >= 0.6 is 0 Å². The Morgan fingerprint density at radius 3 is 2.80 bits per heavy atom. The molecule has 25 heavy (non-hydrogen) atoms. The minimum Gasteiger partial charge on any atom is -0.355 e. The number of hydrogen-bond acceptors (Lipinski definition) is 6. The monoisotopic (exact) mass is 345 g/mol. The van der Waals surface area contributed by atoms with E-state index in [2.05, 4.69) is 33.9 Å². The summed E-state index contributed by atoms with van der Waals surface area (Å²) in [7, 11) is 0. The molecular weight excluding hydrogens is 318 g/mol. The van der Waals surface area contributed by atoms with E-state index in [1.807, 2.05) is 11.8 Å². The van der Waals surface area contributed by atoms with Crippen LogP contribution in [0, 0.1) is 12.8 Å². The zero-order chi connectivity index (χ0) is 17.8. The van der Waals surface area contributed by atoms with E-state index >= 15 is 0 Å². The zero-order valence-corrected chi connectivity index (χ0v) is 15.4.